The summed E-state index contributed by atoms with van der Waals surface area (Å²) in [4.78, 5) is 0.0348. The predicted octanol–water partition coefficient (Wildman–Crippen LogP) is 1.23. The van der Waals surface area contributed by atoms with Gasteiger partial charge in [0.05, 0.1) is 15.5 Å². The quantitative estimate of drug-likeness (QED) is 0.854. The second-order valence-electron chi connectivity index (χ2n) is 4.55. The molecule has 0 heterocycles. The molecule has 5 nitrogen and oxygen atoms in total. The summed E-state index contributed by atoms with van der Waals surface area (Å²) in [6.07, 6.45) is 1.99. The number of nitriles is 1. The number of hydrogen-bond donors (Lipinski definition) is 2. The monoisotopic (exact) mass is 299 g/mol. The Morgan fingerprint density at radius 2 is 2.21 bits per heavy atom. The van der Waals surface area contributed by atoms with E-state index in [1.807, 2.05) is 6.07 Å². The largest absolute Gasteiger partial charge is 0.329 e. The lowest BCUT2D eigenvalue weighted by atomic mass is 10.2. The van der Waals surface area contributed by atoms with Crippen molar-refractivity contribution in [3.63, 3.8) is 0 Å². The van der Waals surface area contributed by atoms with Gasteiger partial charge in [-0.15, -0.1) is 0 Å². The minimum Gasteiger partial charge on any atom is -0.329 e. The Hall–Kier alpha value is -1.13. The highest BCUT2D eigenvalue weighted by Crippen LogP contribution is 2.33. The molecular weight excluding hydrogens is 286 g/mol. The summed E-state index contributed by atoms with van der Waals surface area (Å²) in [5.74, 6) is 0.322. The first kappa shape index (κ1) is 14.3. The van der Waals surface area contributed by atoms with Gasteiger partial charge in [-0.05, 0) is 37.0 Å². The molecule has 1 aliphatic carbocycles. The second kappa shape index (κ2) is 5.47. The van der Waals surface area contributed by atoms with Crippen molar-refractivity contribution in [2.75, 3.05) is 6.54 Å². The average molecular weight is 300 g/mol. The molecule has 0 unspecified atom stereocenters. The summed E-state index contributed by atoms with van der Waals surface area (Å²) in [5.41, 5.74) is 5.72. The fourth-order valence-corrected chi connectivity index (χ4v) is 3.36. The fraction of sp³-hybridized carbons (Fsp3) is 0.417. The Morgan fingerprint density at radius 1 is 1.53 bits per heavy atom. The number of nitrogens with one attached hydrogen (secondary N) is 1. The molecule has 0 saturated heterocycles. The maximum absolute atomic E-state index is 12.2. The molecule has 1 saturated carbocycles. The highest BCUT2D eigenvalue weighted by Gasteiger charge is 2.33. The molecular formula is C12H14ClN3O2S. The Balaban J connectivity index is 2.26. The van der Waals surface area contributed by atoms with E-state index in [0.717, 1.165) is 12.8 Å². The van der Waals surface area contributed by atoms with Crippen LogP contribution in [0.3, 0.4) is 0 Å². The van der Waals surface area contributed by atoms with Gasteiger partial charge in [0.15, 0.2) is 0 Å². The van der Waals surface area contributed by atoms with Crippen LogP contribution >= 0.6 is 11.6 Å². The zero-order valence-electron chi connectivity index (χ0n) is 10.1. The van der Waals surface area contributed by atoms with E-state index in [-0.39, 0.29) is 28.1 Å². The molecule has 3 N–H and O–H groups in total. The minimum absolute atomic E-state index is 0.0348. The van der Waals surface area contributed by atoms with Crippen molar-refractivity contribution in [1.29, 1.82) is 5.26 Å². The summed E-state index contributed by atoms with van der Waals surface area (Å²) in [5, 5.41) is 9.10. The van der Waals surface area contributed by atoms with Gasteiger partial charge in [0.2, 0.25) is 10.0 Å². The Labute approximate surface area is 117 Å². The van der Waals surface area contributed by atoms with Crippen molar-refractivity contribution in [3.05, 3.63) is 28.8 Å². The van der Waals surface area contributed by atoms with Crippen LogP contribution in [0.1, 0.15) is 18.4 Å². The average Bonchev–Trinajstić information content (AvgIpc) is 3.20. The number of sulfonamides is 1. The molecule has 102 valence electrons. The highest BCUT2D eigenvalue weighted by atomic mass is 35.5. The molecule has 0 amide bonds. The zero-order valence-corrected chi connectivity index (χ0v) is 11.7. The Bertz CT molecular complexity index is 620. The van der Waals surface area contributed by atoms with Gasteiger partial charge in [0.1, 0.15) is 6.07 Å². The van der Waals surface area contributed by atoms with Crippen molar-refractivity contribution in [2.45, 2.75) is 23.8 Å². The fourth-order valence-electron chi connectivity index (χ4n) is 1.86. The van der Waals surface area contributed by atoms with Crippen molar-refractivity contribution in [1.82, 2.24) is 4.72 Å². The van der Waals surface area contributed by atoms with Crippen LogP contribution in [-0.2, 0) is 10.0 Å². The van der Waals surface area contributed by atoms with Crippen LogP contribution in [0.5, 0.6) is 0 Å². The number of hydrogen-bond acceptors (Lipinski definition) is 4. The summed E-state index contributed by atoms with van der Waals surface area (Å²) in [6, 6.07) is 5.67. The van der Waals surface area contributed by atoms with E-state index >= 15 is 0 Å². The lowest BCUT2D eigenvalue weighted by Crippen LogP contribution is -2.41. The molecule has 0 aromatic heterocycles. The van der Waals surface area contributed by atoms with Gasteiger partial charge in [-0.25, -0.2) is 13.1 Å². The summed E-state index contributed by atoms with van der Waals surface area (Å²) >= 11 is 5.78. The highest BCUT2D eigenvalue weighted by molar-refractivity contribution is 7.89. The third-order valence-corrected chi connectivity index (χ3v) is 4.94. The number of nitrogens with zero attached hydrogens (tertiary/aromatic N) is 1. The molecule has 0 radical (unpaired) electrons. The molecule has 1 aromatic rings. The van der Waals surface area contributed by atoms with Crippen LogP contribution in [0.4, 0.5) is 0 Å². The molecule has 0 spiro atoms. The van der Waals surface area contributed by atoms with E-state index < -0.39 is 10.0 Å². The van der Waals surface area contributed by atoms with Gasteiger partial charge < -0.3 is 5.73 Å². The lowest BCUT2D eigenvalue weighted by Gasteiger charge is -2.16. The lowest BCUT2D eigenvalue weighted by molar-refractivity contribution is 0.519. The van der Waals surface area contributed by atoms with E-state index in [1.54, 1.807) is 0 Å². The van der Waals surface area contributed by atoms with Crippen LogP contribution in [-0.4, -0.2) is 21.0 Å². The van der Waals surface area contributed by atoms with Gasteiger partial charge >= 0.3 is 0 Å². The SMILES string of the molecule is N#Cc1cc(S(=O)(=O)N[C@H](CN)C2CC2)ccc1Cl. The third kappa shape index (κ3) is 3.25. The van der Waals surface area contributed by atoms with Gasteiger partial charge in [0, 0.05) is 12.6 Å². The zero-order chi connectivity index (χ0) is 14.0. The van der Waals surface area contributed by atoms with Gasteiger partial charge in [0.25, 0.3) is 0 Å². The van der Waals surface area contributed by atoms with Crippen molar-refractivity contribution in [3.8, 4) is 6.07 Å². The number of halogens is 1. The summed E-state index contributed by atoms with van der Waals surface area (Å²) in [7, 11) is -3.67. The maximum atomic E-state index is 12.2. The van der Waals surface area contributed by atoms with E-state index in [9.17, 15) is 8.42 Å². The predicted molar refractivity (Wildman–Crippen MR) is 72.1 cm³/mol. The smallest absolute Gasteiger partial charge is 0.240 e. The van der Waals surface area contributed by atoms with E-state index in [0.29, 0.717) is 5.92 Å². The molecule has 2 rings (SSSR count). The van der Waals surface area contributed by atoms with Crippen molar-refractivity contribution in [2.24, 2.45) is 11.7 Å². The van der Waals surface area contributed by atoms with E-state index in [2.05, 4.69) is 4.72 Å². The van der Waals surface area contributed by atoms with E-state index in [1.165, 1.54) is 18.2 Å². The molecule has 1 fully saturated rings. The molecule has 1 aromatic carbocycles. The minimum atomic E-state index is -3.67. The summed E-state index contributed by atoms with van der Waals surface area (Å²) < 4.78 is 27.0. The molecule has 19 heavy (non-hydrogen) atoms. The number of nitrogens with two attached hydrogens (primary N) is 1. The molecule has 0 aliphatic heterocycles. The number of benzene rings is 1. The van der Waals surface area contributed by atoms with E-state index in [4.69, 9.17) is 22.6 Å². The maximum Gasteiger partial charge on any atom is 0.240 e. The van der Waals surface area contributed by atoms with Crippen molar-refractivity contribution >= 4 is 21.6 Å². The van der Waals surface area contributed by atoms with Crippen LogP contribution in [0.15, 0.2) is 23.1 Å². The first-order valence-corrected chi connectivity index (χ1v) is 7.76. The molecule has 7 heteroatoms. The number of rotatable bonds is 5. The molecule has 1 atom stereocenters. The van der Waals surface area contributed by atoms with Gasteiger partial charge in [-0.3, -0.25) is 0 Å². The van der Waals surface area contributed by atoms with Crippen LogP contribution < -0.4 is 10.5 Å². The standard InChI is InChI=1S/C12H14ClN3O2S/c13-11-4-3-10(5-9(11)6-14)19(17,18)16-12(7-15)8-1-2-8/h3-5,8,12,16H,1-2,7,15H2/t12-/m1/s1. The van der Waals surface area contributed by atoms with Crippen LogP contribution in [0, 0.1) is 17.2 Å². The topological polar surface area (TPSA) is 96.0 Å². The summed E-state index contributed by atoms with van der Waals surface area (Å²) in [6.45, 7) is 0.266. The van der Waals surface area contributed by atoms with Crippen LogP contribution in [0.25, 0.3) is 0 Å². The second-order valence-corrected chi connectivity index (χ2v) is 6.68. The van der Waals surface area contributed by atoms with Crippen LogP contribution in [0.2, 0.25) is 5.02 Å². The molecule has 0 bridgehead atoms. The van der Waals surface area contributed by atoms with Crippen molar-refractivity contribution < 1.29 is 8.42 Å². The van der Waals surface area contributed by atoms with Gasteiger partial charge in [-0.2, -0.15) is 5.26 Å². The third-order valence-electron chi connectivity index (χ3n) is 3.12. The first-order valence-electron chi connectivity index (χ1n) is 5.90. The normalized spacial score (nSPS) is 16.9. The first-order chi connectivity index (χ1) is 8.97. The molecule has 1 aliphatic rings. The Morgan fingerprint density at radius 3 is 2.74 bits per heavy atom. The Kier molecular flexibility index (Phi) is 4.11. The van der Waals surface area contributed by atoms with Gasteiger partial charge in [-0.1, -0.05) is 11.6 Å².